The standard InChI is InChI=1S/C14H20N2O2/c17-11-14(6-7-14)10-15-9-13(18)16-8-12-4-2-1-3-5-12/h1-5,15,17H,6-11H2,(H,16,18). The summed E-state index contributed by atoms with van der Waals surface area (Å²) in [5, 5.41) is 15.1. The fourth-order valence-corrected chi connectivity index (χ4v) is 1.87. The molecule has 1 saturated carbocycles. The van der Waals surface area contributed by atoms with E-state index < -0.39 is 0 Å². The lowest BCUT2D eigenvalue weighted by Crippen LogP contribution is -2.36. The molecule has 0 aromatic heterocycles. The first-order valence-electron chi connectivity index (χ1n) is 6.36. The summed E-state index contributed by atoms with van der Waals surface area (Å²) in [6.07, 6.45) is 2.12. The van der Waals surface area contributed by atoms with Gasteiger partial charge in [0.05, 0.1) is 6.54 Å². The molecule has 0 bridgehead atoms. The lowest BCUT2D eigenvalue weighted by Gasteiger charge is -2.12. The van der Waals surface area contributed by atoms with E-state index in [0.717, 1.165) is 24.9 Å². The number of aliphatic hydroxyl groups is 1. The molecule has 0 spiro atoms. The van der Waals surface area contributed by atoms with Gasteiger partial charge in [0.2, 0.25) is 5.91 Å². The average Bonchev–Trinajstić information content (AvgIpc) is 3.18. The van der Waals surface area contributed by atoms with Crippen LogP contribution in [0.5, 0.6) is 0 Å². The van der Waals surface area contributed by atoms with Crippen LogP contribution < -0.4 is 10.6 Å². The number of carbonyl (C=O) groups is 1. The Hall–Kier alpha value is -1.39. The van der Waals surface area contributed by atoms with Gasteiger partial charge in [-0.05, 0) is 18.4 Å². The SMILES string of the molecule is O=C(CNCC1(CO)CC1)NCc1ccccc1. The highest BCUT2D eigenvalue weighted by molar-refractivity contribution is 5.77. The number of aliphatic hydroxyl groups excluding tert-OH is 1. The summed E-state index contributed by atoms with van der Waals surface area (Å²) in [6, 6.07) is 9.84. The molecule has 0 unspecified atom stereocenters. The van der Waals surface area contributed by atoms with Gasteiger partial charge >= 0.3 is 0 Å². The molecule has 98 valence electrons. The molecule has 0 aliphatic heterocycles. The molecular weight excluding hydrogens is 228 g/mol. The van der Waals surface area contributed by atoms with E-state index in [9.17, 15) is 4.79 Å². The summed E-state index contributed by atoms with van der Waals surface area (Å²) in [6.45, 7) is 1.81. The van der Waals surface area contributed by atoms with E-state index >= 15 is 0 Å². The molecule has 18 heavy (non-hydrogen) atoms. The second-order valence-corrected chi connectivity index (χ2v) is 5.02. The van der Waals surface area contributed by atoms with Crippen molar-refractivity contribution in [1.82, 2.24) is 10.6 Å². The smallest absolute Gasteiger partial charge is 0.234 e. The number of amides is 1. The quantitative estimate of drug-likeness (QED) is 0.664. The van der Waals surface area contributed by atoms with Gasteiger partial charge in [-0.15, -0.1) is 0 Å². The number of nitrogens with one attached hydrogen (secondary N) is 2. The van der Waals surface area contributed by atoms with Crippen molar-refractivity contribution in [1.29, 1.82) is 0 Å². The van der Waals surface area contributed by atoms with Gasteiger partial charge in [0, 0.05) is 25.1 Å². The van der Waals surface area contributed by atoms with Crippen LogP contribution in [-0.2, 0) is 11.3 Å². The number of benzene rings is 1. The fraction of sp³-hybridized carbons (Fsp3) is 0.500. The van der Waals surface area contributed by atoms with Crippen molar-refractivity contribution in [3.8, 4) is 0 Å². The second kappa shape index (κ2) is 5.98. The third-order valence-corrected chi connectivity index (χ3v) is 3.41. The van der Waals surface area contributed by atoms with Crippen LogP contribution in [0.3, 0.4) is 0 Å². The summed E-state index contributed by atoms with van der Waals surface area (Å²) in [7, 11) is 0. The van der Waals surface area contributed by atoms with E-state index in [1.54, 1.807) is 0 Å². The molecule has 1 aliphatic carbocycles. The van der Waals surface area contributed by atoms with Crippen molar-refractivity contribution in [2.24, 2.45) is 5.41 Å². The summed E-state index contributed by atoms with van der Waals surface area (Å²) in [5.74, 6) is -0.00686. The van der Waals surface area contributed by atoms with Gasteiger partial charge in [0.15, 0.2) is 0 Å². The maximum atomic E-state index is 11.6. The van der Waals surface area contributed by atoms with E-state index in [2.05, 4.69) is 10.6 Å². The van der Waals surface area contributed by atoms with Crippen molar-refractivity contribution >= 4 is 5.91 Å². The Morgan fingerprint density at radius 1 is 1.28 bits per heavy atom. The van der Waals surface area contributed by atoms with Crippen LogP contribution >= 0.6 is 0 Å². The molecule has 4 nitrogen and oxygen atoms in total. The second-order valence-electron chi connectivity index (χ2n) is 5.02. The average molecular weight is 248 g/mol. The molecule has 3 N–H and O–H groups in total. The number of carbonyl (C=O) groups excluding carboxylic acids is 1. The molecule has 0 atom stereocenters. The zero-order valence-corrected chi connectivity index (χ0v) is 10.5. The third kappa shape index (κ3) is 3.82. The number of hydrogen-bond donors (Lipinski definition) is 3. The van der Waals surface area contributed by atoms with Crippen molar-refractivity contribution in [3.05, 3.63) is 35.9 Å². The Balaban J connectivity index is 1.61. The van der Waals surface area contributed by atoms with Gasteiger partial charge in [-0.3, -0.25) is 4.79 Å². The Labute approximate surface area is 107 Å². The summed E-state index contributed by atoms with van der Waals surface area (Å²) in [4.78, 5) is 11.6. The molecular formula is C14H20N2O2. The van der Waals surface area contributed by atoms with Crippen LogP contribution in [0.4, 0.5) is 0 Å². The van der Waals surface area contributed by atoms with Crippen molar-refractivity contribution in [2.45, 2.75) is 19.4 Å². The van der Waals surface area contributed by atoms with Crippen LogP contribution in [0.2, 0.25) is 0 Å². The lowest BCUT2D eigenvalue weighted by atomic mass is 10.1. The highest BCUT2D eigenvalue weighted by Crippen LogP contribution is 2.44. The monoisotopic (exact) mass is 248 g/mol. The molecule has 1 aromatic rings. The maximum absolute atomic E-state index is 11.6. The normalized spacial score (nSPS) is 16.3. The molecule has 1 fully saturated rings. The Morgan fingerprint density at radius 3 is 2.61 bits per heavy atom. The highest BCUT2D eigenvalue weighted by Gasteiger charge is 2.41. The van der Waals surface area contributed by atoms with E-state index in [0.29, 0.717) is 13.1 Å². The lowest BCUT2D eigenvalue weighted by molar-refractivity contribution is -0.120. The number of hydrogen-bond acceptors (Lipinski definition) is 3. The van der Waals surface area contributed by atoms with E-state index in [1.165, 1.54) is 0 Å². The van der Waals surface area contributed by atoms with Gasteiger partial charge in [-0.25, -0.2) is 0 Å². The minimum atomic E-state index is -0.00686. The Bertz CT molecular complexity index is 388. The van der Waals surface area contributed by atoms with Crippen LogP contribution in [0.15, 0.2) is 30.3 Å². The molecule has 0 heterocycles. The summed E-state index contributed by atoms with van der Waals surface area (Å²) < 4.78 is 0. The molecule has 1 aliphatic rings. The van der Waals surface area contributed by atoms with Crippen LogP contribution in [0.25, 0.3) is 0 Å². The minimum absolute atomic E-state index is 0.00686. The van der Waals surface area contributed by atoms with Crippen molar-refractivity contribution in [2.75, 3.05) is 19.7 Å². The van der Waals surface area contributed by atoms with E-state index in [4.69, 9.17) is 5.11 Å². The summed E-state index contributed by atoms with van der Waals surface area (Å²) in [5.41, 5.74) is 1.15. The first-order chi connectivity index (χ1) is 8.74. The first-order valence-corrected chi connectivity index (χ1v) is 6.36. The maximum Gasteiger partial charge on any atom is 0.234 e. The topological polar surface area (TPSA) is 61.4 Å². The molecule has 2 rings (SSSR count). The van der Waals surface area contributed by atoms with Crippen molar-refractivity contribution < 1.29 is 9.90 Å². The zero-order valence-electron chi connectivity index (χ0n) is 10.5. The number of rotatable bonds is 7. The zero-order chi connectivity index (χ0) is 12.8. The van der Waals surface area contributed by atoms with Crippen LogP contribution in [0.1, 0.15) is 18.4 Å². The van der Waals surface area contributed by atoms with Gasteiger partial charge in [-0.2, -0.15) is 0 Å². The molecule has 0 radical (unpaired) electrons. The largest absolute Gasteiger partial charge is 0.396 e. The fourth-order valence-electron chi connectivity index (χ4n) is 1.87. The van der Waals surface area contributed by atoms with E-state index in [1.807, 2.05) is 30.3 Å². The highest BCUT2D eigenvalue weighted by atomic mass is 16.3. The van der Waals surface area contributed by atoms with Gasteiger partial charge in [0.1, 0.15) is 0 Å². The van der Waals surface area contributed by atoms with Crippen molar-refractivity contribution in [3.63, 3.8) is 0 Å². The van der Waals surface area contributed by atoms with Crippen LogP contribution in [-0.4, -0.2) is 30.7 Å². The Kier molecular flexibility index (Phi) is 4.33. The Morgan fingerprint density at radius 2 is 2.00 bits per heavy atom. The summed E-state index contributed by atoms with van der Waals surface area (Å²) >= 11 is 0. The third-order valence-electron chi connectivity index (χ3n) is 3.41. The molecule has 4 heteroatoms. The predicted molar refractivity (Wildman–Crippen MR) is 69.9 cm³/mol. The first kappa shape index (κ1) is 13.1. The van der Waals surface area contributed by atoms with Gasteiger partial charge < -0.3 is 15.7 Å². The molecule has 1 amide bonds. The molecule has 0 saturated heterocycles. The van der Waals surface area contributed by atoms with Gasteiger partial charge in [-0.1, -0.05) is 30.3 Å². The predicted octanol–water partition coefficient (Wildman–Crippen LogP) is 0.665. The van der Waals surface area contributed by atoms with Crippen LogP contribution in [0, 0.1) is 5.41 Å². The van der Waals surface area contributed by atoms with E-state index in [-0.39, 0.29) is 17.9 Å². The van der Waals surface area contributed by atoms with Gasteiger partial charge in [0.25, 0.3) is 0 Å². The molecule has 1 aromatic carbocycles. The minimum Gasteiger partial charge on any atom is -0.396 e.